The van der Waals surface area contributed by atoms with Gasteiger partial charge in [0.25, 0.3) is 0 Å². The summed E-state index contributed by atoms with van der Waals surface area (Å²) in [5.74, 6) is 0.264. The fourth-order valence-electron chi connectivity index (χ4n) is 6.68. The predicted octanol–water partition coefficient (Wildman–Crippen LogP) is 7.75. The van der Waals surface area contributed by atoms with E-state index in [2.05, 4.69) is 28.4 Å². The van der Waals surface area contributed by atoms with Crippen LogP contribution in [-0.4, -0.2) is 40.6 Å². The molecule has 230 valence electrons. The van der Waals surface area contributed by atoms with Crippen LogP contribution in [0.3, 0.4) is 0 Å². The second-order valence-corrected chi connectivity index (χ2v) is 11.2. The van der Waals surface area contributed by atoms with E-state index in [1.165, 1.54) is 30.0 Å². The summed E-state index contributed by atoms with van der Waals surface area (Å²) < 4.78 is 35.8. The Bertz CT molecular complexity index is 1590. The van der Waals surface area contributed by atoms with Crippen molar-refractivity contribution < 1.29 is 23.4 Å². The maximum Gasteiger partial charge on any atom is 0.355 e. The van der Waals surface area contributed by atoms with Crippen LogP contribution in [0.15, 0.2) is 30.3 Å². The first-order valence-corrected chi connectivity index (χ1v) is 15.5. The Labute approximate surface area is 253 Å². The van der Waals surface area contributed by atoms with E-state index in [0.29, 0.717) is 56.9 Å². The number of esters is 1. The minimum atomic E-state index is -0.373. The van der Waals surface area contributed by atoms with Crippen molar-refractivity contribution >= 4 is 16.9 Å². The lowest BCUT2D eigenvalue weighted by Gasteiger charge is -2.19. The van der Waals surface area contributed by atoms with Crippen LogP contribution in [0.4, 0.5) is 4.39 Å². The molecule has 7 nitrogen and oxygen atoms in total. The van der Waals surface area contributed by atoms with Crippen molar-refractivity contribution in [2.75, 3.05) is 19.8 Å². The molecule has 4 aromatic rings. The number of H-pyrrole nitrogens is 1. The van der Waals surface area contributed by atoms with E-state index < -0.39 is 0 Å². The number of aryl methyl sites for hydroxylation is 4. The third-order valence-electron chi connectivity index (χ3n) is 8.60. The summed E-state index contributed by atoms with van der Waals surface area (Å²) in [4.78, 5) is 13.6. The van der Waals surface area contributed by atoms with Gasteiger partial charge in [0.05, 0.1) is 36.7 Å². The first-order valence-electron chi connectivity index (χ1n) is 15.5. The van der Waals surface area contributed by atoms with E-state index in [9.17, 15) is 4.79 Å². The molecule has 0 amide bonds. The second-order valence-electron chi connectivity index (χ2n) is 11.2. The molecule has 2 aromatic carbocycles. The first kappa shape index (κ1) is 30.8. The summed E-state index contributed by atoms with van der Waals surface area (Å²) in [5.41, 5.74) is 7.61. The zero-order chi connectivity index (χ0) is 29.1. The highest BCUT2D eigenvalue weighted by molar-refractivity contribution is 6.05. The number of fused-ring (bicyclic) bond motifs is 3. The average molecular weight is 590 g/mol. The molecular weight excluding hydrogens is 545 g/mol. The molecule has 1 N–H and O–H groups in total. The van der Waals surface area contributed by atoms with Gasteiger partial charge < -0.3 is 18.8 Å². The molecule has 0 radical (unpaired) electrons. The number of hydrogen-bond donors (Lipinski definition) is 1. The van der Waals surface area contributed by atoms with Crippen molar-refractivity contribution in [3.63, 3.8) is 0 Å². The first-order chi connectivity index (χ1) is 20.6. The fourth-order valence-corrected chi connectivity index (χ4v) is 6.68. The number of benzene rings is 2. The molecule has 0 fully saturated rings. The highest BCUT2D eigenvalue weighted by atomic mass is 19.1. The van der Waals surface area contributed by atoms with Gasteiger partial charge in [-0.2, -0.15) is 5.10 Å². The quantitative estimate of drug-likeness (QED) is 0.168. The summed E-state index contributed by atoms with van der Waals surface area (Å²) in [6.45, 7) is 6.09. The van der Waals surface area contributed by atoms with E-state index in [1.807, 2.05) is 24.5 Å². The Hall–Kier alpha value is -3.65. The van der Waals surface area contributed by atoms with Crippen LogP contribution < -0.4 is 4.74 Å². The van der Waals surface area contributed by atoms with Crippen LogP contribution in [0.25, 0.3) is 22.0 Å². The highest BCUT2D eigenvalue weighted by Crippen LogP contribution is 2.40. The van der Waals surface area contributed by atoms with E-state index in [1.54, 1.807) is 0 Å². The molecule has 0 spiro atoms. The topological polar surface area (TPSA) is 78.4 Å². The number of aromatic nitrogens is 3. The lowest BCUT2D eigenvalue weighted by Crippen LogP contribution is -2.15. The molecule has 1 aliphatic heterocycles. The molecule has 0 saturated heterocycles. The molecule has 1 aliphatic carbocycles. The zero-order valence-corrected chi connectivity index (χ0v) is 24.7. The number of ether oxygens (including phenoxy) is 3. The molecule has 0 saturated carbocycles. The summed E-state index contributed by atoms with van der Waals surface area (Å²) in [6, 6.07) is 9.69. The van der Waals surface area contributed by atoms with Gasteiger partial charge >= 0.3 is 5.97 Å². The number of hydrogen-bond acceptors (Lipinski definition) is 5. The van der Waals surface area contributed by atoms with Crippen molar-refractivity contribution in [2.45, 2.75) is 92.2 Å². The van der Waals surface area contributed by atoms with Gasteiger partial charge in [0.2, 0.25) is 0 Å². The number of halogens is 1. The summed E-state index contributed by atoms with van der Waals surface area (Å²) in [5, 5.41) is 8.48. The third kappa shape index (κ3) is 5.94. The SMILES string of the molecule is C.CCOC(=O)c1c(CCCOc2cccc3c2CCCC3)c2ccc(F)c3c2n1CCCCOCc1[nH]nc(CC)c1-3. The Balaban J connectivity index is 0.00000368. The van der Waals surface area contributed by atoms with Crippen molar-refractivity contribution in [3.05, 3.63) is 69.9 Å². The standard InChI is InChI=1S/C34H40FN3O4.CH4/c1-3-27-31-28(37-36-27)21-40-19-8-7-18-38-32-25(16-17-26(35)30(31)32)24(33(38)34(39)41-4-2)14-10-20-42-29-15-9-12-22-11-5-6-13-23(22)29;/h9,12,15-17H,3-8,10-11,13-14,18-21H2,1-2H3,(H,36,37);1H4. The number of rotatable bonds is 8. The number of nitrogens with one attached hydrogen (secondary N) is 1. The number of nitrogens with zero attached hydrogens (tertiary/aromatic N) is 2. The lowest BCUT2D eigenvalue weighted by molar-refractivity contribution is 0.0512. The van der Waals surface area contributed by atoms with Crippen molar-refractivity contribution in [3.8, 4) is 16.9 Å². The predicted molar refractivity (Wildman–Crippen MR) is 167 cm³/mol. The van der Waals surface area contributed by atoms with Gasteiger partial charge in [-0.25, -0.2) is 9.18 Å². The van der Waals surface area contributed by atoms with Gasteiger partial charge in [-0.15, -0.1) is 0 Å². The van der Waals surface area contributed by atoms with Gasteiger partial charge in [-0.3, -0.25) is 5.10 Å². The van der Waals surface area contributed by atoms with E-state index >= 15 is 4.39 Å². The lowest BCUT2D eigenvalue weighted by atomic mass is 9.91. The second kappa shape index (κ2) is 13.8. The molecule has 3 heterocycles. The van der Waals surface area contributed by atoms with Gasteiger partial charge in [-0.1, -0.05) is 26.5 Å². The van der Waals surface area contributed by atoms with E-state index in [4.69, 9.17) is 14.2 Å². The third-order valence-corrected chi connectivity index (χ3v) is 8.60. The monoisotopic (exact) mass is 589 g/mol. The molecule has 0 atom stereocenters. The maximum atomic E-state index is 15.9. The van der Waals surface area contributed by atoms with Crippen LogP contribution in [0.2, 0.25) is 0 Å². The molecule has 0 bridgehead atoms. The van der Waals surface area contributed by atoms with E-state index in [0.717, 1.165) is 64.9 Å². The smallest absolute Gasteiger partial charge is 0.355 e. The van der Waals surface area contributed by atoms with Gasteiger partial charge in [0.1, 0.15) is 17.3 Å². The fraction of sp³-hybridized carbons (Fsp3) is 0.486. The summed E-state index contributed by atoms with van der Waals surface area (Å²) >= 11 is 0. The van der Waals surface area contributed by atoms with Crippen LogP contribution in [-0.2, 0) is 48.3 Å². The van der Waals surface area contributed by atoms with Crippen molar-refractivity contribution in [2.24, 2.45) is 0 Å². The molecule has 8 heteroatoms. The summed E-state index contributed by atoms with van der Waals surface area (Å²) in [6.07, 6.45) is 8.17. The van der Waals surface area contributed by atoms with Crippen LogP contribution in [0.1, 0.15) is 91.9 Å². The number of carbonyl (C=O) groups excluding carboxylic acids is 1. The average Bonchev–Trinajstić information content (AvgIpc) is 3.54. The van der Waals surface area contributed by atoms with Crippen LogP contribution >= 0.6 is 0 Å². The Kier molecular flexibility index (Phi) is 9.86. The van der Waals surface area contributed by atoms with Crippen molar-refractivity contribution in [1.29, 1.82) is 0 Å². The minimum Gasteiger partial charge on any atom is -0.493 e. The zero-order valence-electron chi connectivity index (χ0n) is 24.7. The van der Waals surface area contributed by atoms with E-state index in [-0.39, 0.29) is 25.8 Å². The molecular formula is C35H44FN3O4. The molecule has 2 aliphatic rings. The summed E-state index contributed by atoms with van der Waals surface area (Å²) in [7, 11) is 0. The molecule has 0 unspecified atom stereocenters. The van der Waals surface area contributed by atoms with Crippen LogP contribution in [0, 0.1) is 5.82 Å². The van der Waals surface area contributed by atoms with Gasteiger partial charge in [0.15, 0.2) is 0 Å². The maximum absolute atomic E-state index is 15.9. The highest BCUT2D eigenvalue weighted by Gasteiger charge is 2.29. The van der Waals surface area contributed by atoms with Gasteiger partial charge in [-0.05, 0) is 99.6 Å². The molecule has 2 aromatic heterocycles. The number of aromatic amines is 1. The molecule has 6 rings (SSSR count). The Morgan fingerprint density at radius 2 is 1.95 bits per heavy atom. The minimum absolute atomic E-state index is 0. The normalized spacial score (nSPS) is 14.8. The molecule has 43 heavy (non-hydrogen) atoms. The Morgan fingerprint density at radius 1 is 1.09 bits per heavy atom. The van der Waals surface area contributed by atoms with Crippen LogP contribution in [0.5, 0.6) is 5.75 Å². The Morgan fingerprint density at radius 3 is 2.79 bits per heavy atom. The largest absolute Gasteiger partial charge is 0.493 e. The number of carbonyl (C=O) groups is 1. The van der Waals surface area contributed by atoms with Gasteiger partial charge in [0, 0.05) is 29.7 Å². The van der Waals surface area contributed by atoms with Crippen molar-refractivity contribution in [1.82, 2.24) is 14.8 Å².